The lowest BCUT2D eigenvalue weighted by Crippen LogP contribution is -2.38. The third-order valence-electron chi connectivity index (χ3n) is 3.41. The molecular weight excluding hydrogens is 315 g/mol. The Morgan fingerprint density at radius 3 is 2.65 bits per heavy atom. The van der Waals surface area contributed by atoms with Crippen LogP contribution >= 0.6 is 11.3 Å². The van der Waals surface area contributed by atoms with E-state index < -0.39 is 12.1 Å². The summed E-state index contributed by atoms with van der Waals surface area (Å²) in [7, 11) is 0. The van der Waals surface area contributed by atoms with Gasteiger partial charge in [0.2, 0.25) is 0 Å². The summed E-state index contributed by atoms with van der Waals surface area (Å²) in [5.74, 6) is -0.222. The number of thiophene rings is 1. The molecule has 1 unspecified atom stereocenters. The molecule has 4 nitrogen and oxygen atoms in total. The van der Waals surface area contributed by atoms with E-state index >= 15 is 0 Å². The molecule has 0 saturated heterocycles. The fourth-order valence-electron chi connectivity index (χ4n) is 2.05. The van der Waals surface area contributed by atoms with Crippen molar-refractivity contribution in [3.63, 3.8) is 0 Å². The van der Waals surface area contributed by atoms with Gasteiger partial charge in [-0.25, -0.2) is 9.18 Å². The van der Waals surface area contributed by atoms with E-state index in [1.807, 2.05) is 18.2 Å². The molecule has 1 heterocycles. The van der Waals surface area contributed by atoms with Crippen LogP contribution in [0.15, 0.2) is 42.5 Å². The summed E-state index contributed by atoms with van der Waals surface area (Å²) in [4.78, 5) is 13.1. The lowest BCUT2D eigenvalue weighted by Gasteiger charge is -2.16. The first-order valence-corrected chi connectivity index (χ1v) is 8.06. The molecule has 2 rings (SSSR count). The van der Waals surface area contributed by atoms with Gasteiger partial charge in [0.05, 0.1) is 6.04 Å². The van der Waals surface area contributed by atoms with Crippen LogP contribution in [0.25, 0.3) is 6.08 Å². The van der Waals surface area contributed by atoms with Crippen molar-refractivity contribution in [2.45, 2.75) is 25.8 Å². The molecule has 0 bridgehead atoms. The first-order valence-electron chi connectivity index (χ1n) is 7.24. The molecule has 0 aliphatic rings. The fourth-order valence-corrected chi connectivity index (χ4v) is 2.98. The van der Waals surface area contributed by atoms with Crippen molar-refractivity contribution in [2.75, 3.05) is 0 Å². The van der Waals surface area contributed by atoms with Crippen LogP contribution in [-0.2, 0) is 12.8 Å². The van der Waals surface area contributed by atoms with Crippen molar-refractivity contribution in [1.29, 1.82) is 0 Å². The lowest BCUT2D eigenvalue weighted by atomic mass is 10.1. The molecule has 2 amide bonds. The van der Waals surface area contributed by atoms with E-state index in [2.05, 4.69) is 0 Å². The lowest BCUT2D eigenvalue weighted by molar-refractivity contribution is -0.0560. The first kappa shape index (κ1) is 17.2. The maximum atomic E-state index is 12.9. The van der Waals surface area contributed by atoms with Crippen molar-refractivity contribution in [2.24, 2.45) is 5.73 Å². The molecular formula is C17H19FN2O2S. The van der Waals surface area contributed by atoms with Gasteiger partial charge in [0.15, 0.2) is 0 Å². The summed E-state index contributed by atoms with van der Waals surface area (Å²) in [6.45, 7) is 1.67. The molecule has 0 aliphatic carbocycles. The van der Waals surface area contributed by atoms with Gasteiger partial charge in [0, 0.05) is 9.75 Å². The van der Waals surface area contributed by atoms with Crippen molar-refractivity contribution in [3.05, 3.63) is 63.6 Å². The van der Waals surface area contributed by atoms with Crippen molar-refractivity contribution < 1.29 is 14.4 Å². The van der Waals surface area contributed by atoms with E-state index in [0.717, 1.165) is 23.3 Å². The standard InChI is InChI=1S/C17H19FN2O2S/c1-12(20(22)17(19)21)2-8-15-10-11-16(23-15)9-5-13-3-6-14(18)7-4-13/h2-4,6-8,10-12,22H,5,9H2,1H3,(H2,19,21)/b8-2-. The Kier molecular flexibility index (Phi) is 5.90. The zero-order chi connectivity index (χ0) is 16.8. The number of amides is 2. The van der Waals surface area contributed by atoms with Crippen LogP contribution in [0.4, 0.5) is 9.18 Å². The molecule has 0 radical (unpaired) electrons. The monoisotopic (exact) mass is 334 g/mol. The van der Waals surface area contributed by atoms with Crippen LogP contribution in [0, 0.1) is 5.82 Å². The highest BCUT2D eigenvalue weighted by Gasteiger charge is 2.11. The largest absolute Gasteiger partial charge is 0.350 e. The average Bonchev–Trinajstić information content (AvgIpc) is 2.99. The number of carbonyl (C=O) groups is 1. The summed E-state index contributed by atoms with van der Waals surface area (Å²) in [5.41, 5.74) is 6.10. The number of rotatable bonds is 6. The highest BCUT2D eigenvalue weighted by atomic mass is 32.1. The second-order valence-corrected chi connectivity index (χ2v) is 6.41. The smallest absolute Gasteiger partial charge is 0.339 e. The molecule has 122 valence electrons. The third kappa shape index (κ3) is 5.19. The molecule has 0 fully saturated rings. The zero-order valence-electron chi connectivity index (χ0n) is 12.8. The van der Waals surface area contributed by atoms with Gasteiger partial charge >= 0.3 is 6.03 Å². The summed E-state index contributed by atoms with van der Waals surface area (Å²) in [6, 6.07) is 9.20. The van der Waals surface area contributed by atoms with Crippen LogP contribution in [0.2, 0.25) is 0 Å². The summed E-state index contributed by atoms with van der Waals surface area (Å²) < 4.78 is 12.9. The normalized spacial score (nSPS) is 12.5. The van der Waals surface area contributed by atoms with Gasteiger partial charge in [0.1, 0.15) is 5.82 Å². The number of urea groups is 1. The number of benzene rings is 1. The van der Waals surface area contributed by atoms with Gasteiger partial charge in [-0.05, 0) is 55.7 Å². The number of primary amides is 1. The van der Waals surface area contributed by atoms with Gasteiger partial charge in [-0.2, -0.15) is 5.06 Å². The Labute approximate surface area is 138 Å². The maximum absolute atomic E-state index is 12.9. The van der Waals surface area contributed by atoms with Gasteiger partial charge in [-0.15, -0.1) is 11.3 Å². The Hall–Kier alpha value is -2.18. The number of hydroxylamine groups is 2. The Bertz CT molecular complexity index is 682. The predicted molar refractivity (Wildman–Crippen MR) is 89.8 cm³/mol. The topological polar surface area (TPSA) is 66.6 Å². The minimum absolute atomic E-state index is 0.222. The Morgan fingerprint density at radius 1 is 1.30 bits per heavy atom. The number of carbonyl (C=O) groups excluding carboxylic acids is 1. The predicted octanol–water partition coefficient (Wildman–Crippen LogP) is 3.84. The summed E-state index contributed by atoms with van der Waals surface area (Å²) in [5, 5.41) is 9.88. The second kappa shape index (κ2) is 7.89. The van der Waals surface area contributed by atoms with Crippen LogP contribution < -0.4 is 5.73 Å². The molecule has 3 N–H and O–H groups in total. The molecule has 1 aromatic heterocycles. The van der Waals surface area contributed by atoms with E-state index in [9.17, 15) is 14.4 Å². The summed E-state index contributed by atoms with van der Waals surface area (Å²) >= 11 is 1.64. The number of nitrogens with zero attached hydrogens (tertiary/aromatic N) is 1. The minimum Gasteiger partial charge on any atom is -0.350 e. The van der Waals surface area contributed by atoms with Gasteiger partial charge < -0.3 is 5.73 Å². The number of aryl methyl sites for hydroxylation is 2. The fraction of sp³-hybridized carbons (Fsp3) is 0.235. The molecule has 2 aromatic rings. The number of hydrogen-bond donors (Lipinski definition) is 2. The first-order chi connectivity index (χ1) is 11.0. The molecule has 0 spiro atoms. The van der Waals surface area contributed by atoms with Crippen molar-refractivity contribution in [1.82, 2.24) is 5.06 Å². The quantitative estimate of drug-likeness (QED) is 0.622. The molecule has 1 aromatic carbocycles. The molecule has 0 saturated carbocycles. The number of hydrogen-bond acceptors (Lipinski definition) is 3. The van der Waals surface area contributed by atoms with Crippen LogP contribution in [0.1, 0.15) is 22.2 Å². The van der Waals surface area contributed by atoms with Crippen LogP contribution in [0.3, 0.4) is 0 Å². The van der Waals surface area contributed by atoms with E-state index in [4.69, 9.17) is 5.73 Å². The van der Waals surface area contributed by atoms with E-state index in [1.54, 1.807) is 36.5 Å². The molecule has 23 heavy (non-hydrogen) atoms. The van der Waals surface area contributed by atoms with E-state index in [0.29, 0.717) is 5.06 Å². The Morgan fingerprint density at radius 2 is 2.00 bits per heavy atom. The third-order valence-corrected chi connectivity index (χ3v) is 4.52. The minimum atomic E-state index is -0.881. The highest BCUT2D eigenvalue weighted by molar-refractivity contribution is 7.12. The van der Waals surface area contributed by atoms with Crippen molar-refractivity contribution in [3.8, 4) is 0 Å². The zero-order valence-corrected chi connectivity index (χ0v) is 13.6. The van der Waals surface area contributed by atoms with Gasteiger partial charge in [-0.1, -0.05) is 18.2 Å². The van der Waals surface area contributed by atoms with E-state index in [-0.39, 0.29) is 5.82 Å². The molecule has 0 aliphatic heterocycles. The van der Waals surface area contributed by atoms with Crippen LogP contribution in [0.5, 0.6) is 0 Å². The number of nitrogens with two attached hydrogens (primary N) is 1. The SMILES string of the molecule is CC(/C=C\c1ccc(CCc2ccc(F)cc2)s1)N(O)C(N)=O. The van der Waals surface area contributed by atoms with Gasteiger partial charge in [0.25, 0.3) is 0 Å². The van der Waals surface area contributed by atoms with Crippen LogP contribution in [-0.4, -0.2) is 22.3 Å². The molecule has 1 atom stereocenters. The van der Waals surface area contributed by atoms with Gasteiger partial charge in [-0.3, -0.25) is 5.21 Å². The Balaban J connectivity index is 1.90. The maximum Gasteiger partial charge on any atom is 0.339 e. The molecule has 6 heteroatoms. The van der Waals surface area contributed by atoms with Crippen molar-refractivity contribution >= 4 is 23.4 Å². The summed E-state index contributed by atoms with van der Waals surface area (Å²) in [6.07, 6.45) is 5.29. The second-order valence-electron chi connectivity index (χ2n) is 5.21. The highest BCUT2D eigenvalue weighted by Crippen LogP contribution is 2.20. The average molecular weight is 334 g/mol. The van der Waals surface area contributed by atoms with E-state index in [1.165, 1.54) is 17.0 Å². The number of halogens is 1.